The average molecular weight is 342 g/mol. The zero-order valence-electron chi connectivity index (χ0n) is 11.7. The van der Waals surface area contributed by atoms with E-state index in [-0.39, 0.29) is 24.0 Å². The highest BCUT2D eigenvalue weighted by molar-refractivity contribution is 9.10. The van der Waals surface area contributed by atoms with Crippen LogP contribution in [0.5, 0.6) is 0 Å². The van der Waals surface area contributed by atoms with E-state index in [0.717, 1.165) is 10.9 Å². The normalized spacial score (nSPS) is 23.6. The van der Waals surface area contributed by atoms with Gasteiger partial charge in [-0.1, -0.05) is 28.1 Å². The largest absolute Gasteiger partial charge is 0.383 e. The quantitative estimate of drug-likeness (QED) is 0.759. The molecule has 0 saturated carbocycles. The Morgan fingerprint density at radius 1 is 1.45 bits per heavy atom. The van der Waals surface area contributed by atoms with Crippen molar-refractivity contribution in [2.75, 3.05) is 13.7 Å². The van der Waals surface area contributed by atoms with Crippen molar-refractivity contribution in [1.82, 2.24) is 16.2 Å². The van der Waals surface area contributed by atoms with Gasteiger partial charge in [0, 0.05) is 23.7 Å². The molecule has 6 heteroatoms. The van der Waals surface area contributed by atoms with Crippen LogP contribution in [0.4, 0.5) is 0 Å². The van der Waals surface area contributed by atoms with Gasteiger partial charge in [0.05, 0.1) is 6.61 Å². The summed E-state index contributed by atoms with van der Waals surface area (Å²) >= 11 is 3.42. The van der Waals surface area contributed by atoms with Gasteiger partial charge in [0.1, 0.15) is 6.04 Å². The fourth-order valence-corrected chi connectivity index (χ4v) is 2.54. The average Bonchev–Trinajstić information content (AvgIpc) is 2.89. The summed E-state index contributed by atoms with van der Waals surface area (Å²) in [6.07, 6.45) is 0.729. The van der Waals surface area contributed by atoms with Crippen LogP contribution in [0.15, 0.2) is 28.7 Å². The molecule has 0 radical (unpaired) electrons. The van der Waals surface area contributed by atoms with E-state index in [0.29, 0.717) is 6.61 Å². The molecule has 0 bridgehead atoms. The number of nitrogens with one attached hydrogen (secondary N) is 3. The van der Waals surface area contributed by atoms with Gasteiger partial charge in [-0.15, -0.1) is 0 Å². The van der Waals surface area contributed by atoms with Crippen molar-refractivity contribution in [2.24, 2.45) is 0 Å². The fraction of sp³-hybridized carbons (Fsp3) is 0.500. The molecule has 1 aromatic carbocycles. The summed E-state index contributed by atoms with van der Waals surface area (Å²) in [7, 11) is 1.63. The second-order valence-corrected chi connectivity index (χ2v) is 5.96. The van der Waals surface area contributed by atoms with Crippen LogP contribution >= 0.6 is 15.9 Å². The number of hydrazine groups is 1. The number of rotatable bonds is 5. The number of benzene rings is 1. The minimum atomic E-state index is -0.219. The Kier molecular flexibility index (Phi) is 5.54. The zero-order chi connectivity index (χ0) is 14.5. The molecule has 0 aromatic heterocycles. The molecule has 1 amide bonds. The third kappa shape index (κ3) is 4.02. The lowest BCUT2D eigenvalue weighted by Crippen LogP contribution is -2.47. The molecule has 1 aliphatic heterocycles. The first-order chi connectivity index (χ1) is 9.60. The minimum Gasteiger partial charge on any atom is -0.383 e. The lowest BCUT2D eigenvalue weighted by molar-refractivity contribution is -0.123. The SMILES string of the molecule is COCC(C)NC(=O)C1CC(c2ccc(Br)cc2)NN1. The Morgan fingerprint density at radius 3 is 2.80 bits per heavy atom. The van der Waals surface area contributed by atoms with Gasteiger partial charge in [-0.25, -0.2) is 10.9 Å². The summed E-state index contributed by atoms with van der Waals surface area (Å²) in [5, 5.41) is 2.93. The monoisotopic (exact) mass is 341 g/mol. The molecular formula is C14H20BrN3O2. The number of ether oxygens (including phenoxy) is 1. The Balaban J connectivity index is 1.88. The molecule has 1 aromatic rings. The standard InChI is InChI=1S/C14H20BrN3O2/c1-9(8-20-2)16-14(19)13-7-12(17-18-13)10-3-5-11(15)6-4-10/h3-6,9,12-13,17-18H,7-8H2,1-2H3,(H,16,19). The van der Waals surface area contributed by atoms with Crippen molar-refractivity contribution in [1.29, 1.82) is 0 Å². The lowest BCUT2D eigenvalue weighted by atomic mass is 10.0. The maximum atomic E-state index is 12.1. The maximum Gasteiger partial charge on any atom is 0.238 e. The van der Waals surface area contributed by atoms with Crippen LogP contribution in [0.1, 0.15) is 24.9 Å². The second kappa shape index (κ2) is 7.17. The maximum absolute atomic E-state index is 12.1. The fourth-order valence-electron chi connectivity index (χ4n) is 2.28. The molecule has 5 nitrogen and oxygen atoms in total. The minimum absolute atomic E-state index is 0.00154. The Bertz CT molecular complexity index is 452. The number of carbonyl (C=O) groups excluding carboxylic acids is 1. The van der Waals surface area contributed by atoms with E-state index in [4.69, 9.17) is 4.74 Å². The van der Waals surface area contributed by atoms with Gasteiger partial charge in [-0.3, -0.25) is 4.79 Å². The van der Waals surface area contributed by atoms with Crippen molar-refractivity contribution in [3.63, 3.8) is 0 Å². The summed E-state index contributed by atoms with van der Waals surface area (Å²) < 4.78 is 6.06. The van der Waals surface area contributed by atoms with Crippen LogP contribution in [0, 0.1) is 0 Å². The van der Waals surface area contributed by atoms with Crippen LogP contribution in [0.25, 0.3) is 0 Å². The van der Waals surface area contributed by atoms with Crippen molar-refractivity contribution < 1.29 is 9.53 Å². The van der Waals surface area contributed by atoms with Gasteiger partial charge in [-0.2, -0.15) is 0 Å². The van der Waals surface area contributed by atoms with Crippen molar-refractivity contribution in [3.05, 3.63) is 34.3 Å². The molecule has 3 N–H and O–H groups in total. The molecular weight excluding hydrogens is 322 g/mol. The van der Waals surface area contributed by atoms with E-state index in [1.807, 2.05) is 19.1 Å². The molecule has 0 aliphatic carbocycles. The number of hydrogen-bond donors (Lipinski definition) is 3. The highest BCUT2D eigenvalue weighted by Gasteiger charge is 2.30. The summed E-state index contributed by atoms with van der Waals surface area (Å²) in [5.41, 5.74) is 7.39. The second-order valence-electron chi connectivity index (χ2n) is 5.05. The van der Waals surface area contributed by atoms with E-state index in [2.05, 4.69) is 44.2 Å². The van der Waals surface area contributed by atoms with E-state index < -0.39 is 0 Å². The Labute approximate surface area is 127 Å². The van der Waals surface area contributed by atoms with Gasteiger partial charge >= 0.3 is 0 Å². The molecule has 3 unspecified atom stereocenters. The summed E-state index contributed by atoms with van der Waals surface area (Å²) in [5.74, 6) is 0.00154. The molecule has 110 valence electrons. The number of carbonyl (C=O) groups is 1. The van der Waals surface area contributed by atoms with Gasteiger partial charge in [-0.05, 0) is 31.0 Å². The number of hydrogen-bond acceptors (Lipinski definition) is 4. The topological polar surface area (TPSA) is 62.4 Å². The molecule has 20 heavy (non-hydrogen) atoms. The van der Waals surface area contributed by atoms with Gasteiger partial charge in [0.2, 0.25) is 5.91 Å². The van der Waals surface area contributed by atoms with E-state index in [1.165, 1.54) is 5.56 Å². The zero-order valence-corrected chi connectivity index (χ0v) is 13.2. The van der Waals surface area contributed by atoms with Crippen LogP contribution in [0.3, 0.4) is 0 Å². The Morgan fingerprint density at radius 2 is 2.15 bits per heavy atom. The van der Waals surface area contributed by atoms with Crippen LogP contribution in [-0.4, -0.2) is 31.7 Å². The lowest BCUT2D eigenvalue weighted by Gasteiger charge is -2.16. The van der Waals surface area contributed by atoms with Crippen LogP contribution < -0.4 is 16.2 Å². The molecule has 1 fully saturated rings. The predicted octanol–water partition coefficient (Wildman–Crippen LogP) is 1.51. The summed E-state index contributed by atoms with van der Waals surface area (Å²) in [6.45, 7) is 2.44. The molecule has 1 aliphatic rings. The Hall–Kier alpha value is -0.950. The number of methoxy groups -OCH3 is 1. The highest BCUT2D eigenvalue weighted by Crippen LogP contribution is 2.23. The third-order valence-corrected chi connectivity index (χ3v) is 3.83. The molecule has 0 spiro atoms. The third-order valence-electron chi connectivity index (χ3n) is 3.30. The van der Waals surface area contributed by atoms with Gasteiger partial charge in [0.25, 0.3) is 0 Å². The molecule has 1 saturated heterocycles. The molecule has 2 rings (SSSR count). The van der Waals surface area contributed by atoms with Gasteiger partial charge in [0.15, 0.2) is 0 Å². The van der Waals surface area contributed by atoms with E-state index in [1.54, 1.807) is 7.11 Å². The molecule has 3 atom stereocenters. The predicted molar refractivity (Wildman–Crippen MR) is 81.0 cm³/mol. The first-order valence-corrected chi connectivity index (χ1v) is 7.45. The smallest absolute Gasteiger partial charge is 0.238 e. The van der Waals surface area contributed by atoms with Crippen molar-refractivity contribution in [2.45, 2.75) is 31.5 Å². The van der Waals surface area contributed by atoms with Crippen molar-refractivity contribution >= 4 is 21.8 Å². The van der Waals surface area contributed by atoms with E-state index in [9.17, 15) is 4.79 Å². The number of halogens is 1. The summed E-state index contributed by atoms with van der Waals surface area (Å²) in [6, 6.07) is 8.06. The highest BCUT2D eigenvalue weighted by atomic mass is 79.9. The van der Waals surface area contributed by atoms with Gasteiger partial charge < -0.3 is 10.1 Å². The van der Waals surface area contributed by atoms with Crippen LogP contribution in [0.2, 0.25) is 0 Å². The van der Waals surface area contributed by atoms with E-state index >= 15 is 0 Å². The number of amides is 1. The first-order valence-electron chi connectivity index (χ1n) is 6.66. The first kappa shape index (κ1) is 15.4. The van der Waals surface area contributed by atoms with Crippen LogP contribution in [-0.2, 0) is 9.53 Å². The molecule has 1 heterocycles. The summed E-state index contributed by atoms with van der Waals surface area (Å²) in [4.78, 5) is 12.1. The van der Waals surface area contributed by atoms with Crippen molar-refractivity contribution in [3.8, 4) is 0 Å².